The van der Waals surface area contributed by atoms with E-state index >= 15 is 0 Å². The zero-order chi connectivity index (χ0) is 21.8. The van der Waals surface area contributed by atoms with Crippen LogP contribution in [0.15, 0.2) is 46.1 Å². The highest BCUT2D eigenvalue weighted by Crippen LogP contribution is 2.19. The van der Waals surface area contributed by atoms with Crippen molar-refractivity contribution in [3.63, 3.8) is 0 Å². The molecule has 0 saturated carbocycles. The van der Waals surface area contributed by atoms with Crippen molar-refractivity contribution in [2.24, 2.45) is 21.6 Å². The number of aliphatic imine (C=N–C) groups is 2. The summed E-state index contributed by atoms with van der Waals surface area (Å²) < 4.78 is 23.3. The van der Waals surface area contributed by atoms with Crippen LogP contribution in [-0.4, -0.2) is 55.1 Å². The summed E-state index contributed by atoms with van der Waals surface area (Å²) in [7, 11) is -3.23. The van der Waals surface area contributed by atoms with E-state index in [4.69, 9.17) is 16.2 Å². The third-order valence-corrected chi connectivity index (χ3v) is 4.99. The average Bonchev–Trinajstić information content (AvgIpc) is 2.57. The number of carbonyl (C=O) groups is 1. The summed E-state index contributed by atoms with van der Waals surface area (Å²) in [4.78, 5) is 20.6. The van der Waals surface area contributed by atoms with E-state index in [1.807, 2.05) is 0 Å². The van der Waals surface area contributed by atoms with E-state index in [1.54, 1.807) is 31.2 Å². The number of aliphatic hydroxyl groups excluding tert-OH is 1. The van der Waals surface area contributed by atoms with Crippen LogP contribution in [0, 0.1) is 11.3 Å². The second-order valence-corrected chi connectivity index (χ2v) is 8.98. The minimum atomic E-state index is -3.23. The second kappa shape index (κ2) is 8.86. The molecule has 1 aliphatic heterocycles. The lowest BCUT2D eigenvalue weighted by atomic mass is 10.0. The van der Waals surface area contributed by atoms with Gasteiger partial charge in [-0.1, -0.05) is 6.92 Å². The Morgan fingerprint density at radius 2 is 1.97 bits per heavy atom. The molecule has 156 valence electrons. The van der Waals surface area contributed by atoms with Crippen LogP contribution < -0.4 is 16.4 Å². The summed E-state index contributed by atoms with van der Waals surface area (Å²) in [6.07, 6.45) is 2.25. The van der Waals surface area contributed by atoms with E-state index in [9.17, 15) is 13.2 Å². The van der Waals surface area contributed by atoms with Gasteiger partial charge in [0.05, 0.1) is 17.6 Å². The number of allylic oxidation sites excluding steroid dienone is 1. The van der Waals surface area contributed by atoms with Crippen molar-refractivity contribution < 1.29 is 18.3 Å². The minimum Gasteiger partial charge on any atom is -0.512 e. The predicted molar refractivity (Wildman–Crippen MR) is 114 cm³/mol. The summed E-state index contributed by atoms with van der Waals surface area (Å²) in [5.74, 6) is -0.124. The molecule has 11 heteroatoms. The molecular formula is C18H24N6O4S. The van der Waals surface area contributed by atoms with Crippen LogP contribution in [0.25, 0.3) is 0 Å². The number of urea groups is 1. The summed E-state index contributed by atoms with van der Waals surface area (Å²) in [6.45, 7) is 3.17. The molecule has 0 spiro atoms. The van der Waals surface area contributed by atoms with Crippen molar-refractivity contribution in [3.8, 4) is 0 Å². The van der Waals surface area contributed by atoms with Gasteiger partial charge in [-0.15, -0.1) is 0 Å². The van der Waals surface area contributed by atoms with Gasteiger partial charge in [0.15, 0.2) is 5.84 Å². The SMILES string of the molecule is C/C(O)=C/C(=N)NC(=O)Nc1ccc(C2=NC(CS(C)(=O)=O)C(C)C(N)=N2)cc1. The molecule has 0 radical (unpaired) electrons. The molecule has 0 fully saturated rings. The molecule has 1 aromatic carbocycles. The lowest BCUT2D eigenvalue weighted by Crippen LogP contribution is -2.39. The minimum absolute atomic E-state index is 0.101. The molecular weight excluding hydrogens is 396 g/mol. The van der Waals surface area contributed by atoms with Gasteiger partial charge in [-0.25, -0.2) is 18.2 Å². The Morgan fingerprint density at radius 1 is 1.34 bits per heavy atom. The summed E-state index contributed by atoms with van der Waals surface area (Å²) in [6, 6.07) is 5.41. The van der Waals surface area contributed by atoms with Gasteiger partial charge in [-0.05, 0) is 31.2 Å². The number of nitrogens with two attached hydrogens (primary N) is 1. The number of hydrogen-bond acceptors (Lipinski definition) is 8. The first-order chi connectivity index (χ1) is 13.4. The zero-order valence-corrected chi connectivity index (χ0v) is 17.1. The molecule has 10 nitrogen and oxygen atoms in total. The first kappa shape index (κ1) is 22.1. The normalized spacial score (nSPS) is 19.8. The first-order valence-corrected chi connectivity index (χ1v) is 10.7. The Balaban J connectivity index is 2.12. The number of carbonyl (C=O) groups excluding carboxylic acids is 1. The maximum absolute atomic E-state index is 11.9. The molecule has 2 atom stereocenters. The molecule has 2 unspecified atom stereocenters. The highest BCUT2D eigenvalue weighted by Gasteiger charge is 2.28. The summed E-state index contributed by atoms with van der Waals surface area (Å²) in [5, 5.41) is 21.4. The largest absolute Gasteiger partial charge is 0.512 e. The Bertz CT molecular complexity index is 992. The van der Waals surface area contributed by atoms with Crippen LogP contribution in [0.3, 0.4) is 0 Å². The van der Waals surface area contributed by atoms with Crippen molar-refractivity contribution in [3.05, 3.63) is 41.7 Å². The van der Waals surface area contributed by atoms with Crippen molar-refractivity contribution in [1.29, 1.82) is 5.41 Å². The van der Waals surface area contributed by atoms with Crippen LogP contribution in [0.2, 0.25) is 0 Å². The van der Waals surface area contributed by atoms with Crippen LogP contribution in [0.5, 0.6) is 0 Å². The maximum atomic E-state index is 11.9. The Hall–Kier alpha value is -3.21. The topological polar surface area (TPSA) is 170 Å². The molecule has 1 aliphatic rings. The number of hydrogen-bond donors (Lipinski definition) is 5. The van der Waals surface area contributed by atoms with E-state index in [-0.39, 0.29) is 23.3 Å². The molecule has 29 heavy (non-hydrogen) atoms. The smallest absolute Gasteiger partial charge is 0.324 e. The lowest BCUT2D eigenvalue weighted by molar-refractivity contribution is 0.256. The number of nitrogens with one attached hydrogen (secondary N) is 3. The Morgan fingerprint density at radius 3 is 2.52 bits per heavy atom. The van der Waals surface area contributed by atoms with Gasteiger partial charge in [0.2, 0.25) is 0 Å². The number of benzene rings is 1. The molecule has 0 bridgehead atoms. The number of amides is 2. The van der Waals surface area contributed by atoms with Crippen molar-refractivity contribution in [2.45, 2.75) is 19.9 Å². The third kappa shape index (κ3) is 6.71. The lowest BCUT2D eigenvalue weighted by Gasteiger charge is -2.24. The van der Waals surface area contributed by atoms with Crippen LogP contribution >= 0.6 is 0 Å². The fraction of sp³-hybridized carbons (Fsp3) is 0.333. The molecule has 2 amide bonds. The Kier molecular flexibility index (Phi) is 6.75. The van der Waals surface area contributed by atoms with Crippen LogP contribution in [-0.2, 0) is 9.84 Å². The molecule has 0 saturated heterocycles. The first-order valence-electron chi connectivity index (χ1n) is 8.68. The molecule has 0 aromatic heterocycles. The number of amidine groups is 3. The summed E-state index contributed by atoms with van der Waals surface area (Å²) >= 11 is 0. The van der Waals surface area contributed by atoms with Crippen LogP contribution in [0.1, 0.15) is 19.4 Å². The molecule has 0 aliphatic carbocycles. The zero-order valence-electron chi connectivity index (χ0n) is 16.3. The quantitative estimate of drug-likeness (QED) is 0.275. The van der Waals surface area contributed by atoms with Gasteiger partial charge in [0, 0.05) is 29.5 Å². The van der Waals surface area contributed by atoms with Crippen molar-refractivity contribution >= 4 is 39.1 Å². The average molecular weight is 420 g/mol. The van der Waals surface area contributed by atoms with E-state index < -0.39 is 21.9 Å². The molecule has 1 heterocycles. The van der Waals surface area contributed by atoms with E-state index in [2.05, 4.69) is 20.6 Å². The second-order valence-electron chi connectivity index (χ2n) is 6.79. The van der Waals surface area contributed by atoms with Gasteiger partial charge in [0.25, 0.3) is 0 Å². The molecule has 2 rings (SSSR count). The van der Waals surface area contributed by atoms with E-state index in [0.29, 0.717) is 22.9 Å². The fourth-order valence-corrected chi connectivity index (χ4v) is 3.57. The van der Waals surface area contributed by atoms with Gasteiger partial charge < -0.3 is 16.2 Å². The van der Waals surface area contributed by atoms with Gasteiger partial charge in [0.1, 0.15) is 21.5 Å². The number of nitrogens with zero attached hydrogens (tertiary/aromatic N) is 2. The van der Waals surface area contributed by atoms with E-state index in [1.165, 1.54) is 6.92 Å². The number of sulfone groups is 1. The standard InChI is InChI=1S/C18H24N6O4S/c1-10(25)8-15(19)23-18(26)21-13-6-4-12(5-7-13)17-22-14(9-29(3,27)28)11(2)16(20)24-17/h4-8,11,14,25H,9H2,1-3H3,(H2,20,22,24)(H3,19,21,23,26)/b10-8-. The van der Waals surface area contributed by atoms with Crippen molar-refractivity contribution in [2.75, 3.05) is 17.3 Å². The molecule has 6 N–H and O–H groups in total. The van der Waals surface area contributed by atoms with Gasteiger partial charge in [-0.2, -0.15) is 0 Å². The number of rotatable bonds is 5. The highest BCUT2D eigenvalue weighted by atomic mass is 32.2. The fourth-order valence-electron chi connectivity index (χ4n) is 2.58. The number of aliphatic hydroxyl groups is 1. The maximum Gasteiger partial charge on any atom is 0.324 e. The third-order valence-electron chi connectivity index (χ3n) is 4.04. The van der Waals surface area contributed by atoms with Gasteiger partial charge >= 0.3 is 6.03 Å². The monoisotopic (exact) mass is 420 g/mol. The number of anilines is 1. The highest BCUT2D eigenvalue weighted by molar-refractivity contribution is 7.90. The van der Waals surface area contributed by atoms with Crippen LogP contribution in [0.4, 0.5) is 10.5 Å². The predicted octanol–water partition coefficient (Wildman–Crippen LogP) is 1.41. The van der Waals surface area contributed by atoms with Gasteiger partial charge in [-0.3, -0.25) is 15.7 Å². The van der Waals surface area contributed by atoms with E-state index in [0.717, 1.165) is 12.3 Å². The molecule has 1 aromatic rings. The Labute approximate surface area is 169 Å². The van der Waals surface area contributed by atoms with Crippen molar-refractivity contribution in [1.82, 2.24) is 5.32 Å². The summed E-state index contributed by atoms with van der Waals surface area (Å²) in [5.41, 5.74) is 7.04.